The number of ether oxygens (including phenoxy) is 3. The van der Waals surface area contributed by atoms with Crippen LogP contribution in [0.3, 0.4) is 0 Å². The van der Waals surface area contributed by atoms with Gasteiger partial charge in [-0.15, -0.1) is 0 Å². The van der Waals surface area contributed by atoms with E-state index < -0.39 is 5.82 Å². The lowest BCUT2D eigenvalue weighted by atomic mass is 10.2. The first-order valence-electron chi connectivity index (χ1n) is 6.04. The minimum atomic E-state index is -0.487. The van der Waals surface area contributed by atoms with Gasteiger partial charge >= 0.3 is 0 Å². The summed E-state index contributed by atoms with van der Waals surface area (Å²) < 4.78 is 29.5. The van der Waals surface area contributed by atoms with Crippen LogP contribution in [-0.2, 0) is 4.74 Å². The Morgan fingerprint density at radius 2 is 1.94 bits per heavy atom. The van der Waals surface area contributed by atoms with Gasteiger partial charge in [0.1, 0.15) is 11.9 Å². The highest BCUT2D eigenvalue weighted by atomic mass is 19.1. The van der Waals surface area contributed by atoms with Crippen LogP contribution in [0.15, 0.2) is 12.1 Å². The zero-order chi connectivity index (χ0) is 13.5. The Morgan fingerprint density at radius 3 is 2.56 bits per heavy atom. The fraction of sp³-hybridized carbons (Fsp3) is 0.538. The van der Waals surface area contributed by atoms with Crippen molar-refractivity contribution >= 4 is 5.69 Å². The molecule has 1 aromatic carbocycles. The zero-order valence-corrected chi connectivity index (χ0v) is 11.0. The molecule has 0 amide bonds. The third kappa shape index (κ3) is 4.07. The summed E-state index contributed by atoms with van der Waals surface area (Å²) in [6.07, 6.45) is -0.160. The zero-order valence-electron chi connectivity index (χ0n) is 11.0. The van der Waals surface area contributed by atoms with Crippen LogP contribution in [0.25, 0.3) is 0 Å². The molecule has 1 atom stereocenters. The van der Waals surface area contributed by atoms with Gasteiger partial charge < -0.3 is 19.9 Å². The van der Waals surface area contributed by atoms with Gasteiger partial charge in [0, 0.05) is 18.7 Å². The monoisotopic (exact) mass is 257 g/mol. The smallest absolute Gasteiger partial charge is 0.167 e. The van der Waals surface area contributed by atoms with Crippen LogP contribution < -0.4 is 15.2 Å². The van der Waals surface area contributed by atoms with Gasteiger partial charge in [-0.25, -0.2) is 4.39 Å². The highest BCUT2D eigenvalue weighted by Crippen LogP contribution is 2.30. The van der Waals surface area contributed by atoms with E-state index in [0.717, 1.165) is 0 Å². The van der Waals surface area contributed by atoms with E-state index in [1.54, 1.807) is 6.92 Å². The Labute approximate surface area is 107 Å². The Hall–Kier alpha value is -1.49. The van der Waals surface area contributed by atoms with E-state index >= 15 is 0 Å². The molecule has 0 spiro atoms. The predicted molar refractivity (Wildman–Crippen MR) is 68.6 cm³/mol. The Balaban J connectivity index is 2.78. The summed E-state index contributed by atoms with van der Waals surface area (Å²) in [4.78, 5) is 0. The fourth-order valence-electron chi connectivity index (χ4n) is 1.45. The van der Waals surface area contributed by atoms with Crippen LogP contribution in [0.5, 0.6) is 11.5 Å². The maximum absolute atomic E-state index is 13.5. The third-order valence-electron chi connectivity index (χ3n) is 2.25. The van der Waals surface area contributed by atoms with Crippen molar-refractivity contribution in [2.24, 2.45) is 0 Å². The lowest BCUT2D eigenvalue weighted by molar-refractivity contribution is 0.0659. The van der Waals surface area contributed by atoms with Gasteiger partial charge in [0.25, 0.3) is 0 Å². The summed E-state index contributed by atoms with van der Waals surface area (Å²) in [5.74, 6) is 0.0662. The molecule has 0 heterocycles. The Kier molecular flexibility index (Phi) is 5.71. The van der Waals surface area contributed by atoms with E-state index in [2.05, 4.69) is 0 Å². The summed E-state index contributed by atoms with van der Waals surface area (Å²) in [6.45, 7) is 7.02. The number of nitrogen functional groups attached to an aromatic ring is 1. The lowest BCUT2D eigenvalue weighted by Gasteiger charge is -2.17. The average molecular weight is 257 g/mol. The first kappa shape index (κ1) is 14.6. The van der Waals surface area contributed by atoms with Crippen molar-refractivity contribution in [3.8, 4) is 11.5 Å². The van der Waals surface area contributed by atoms with E-state index in [1.165, 1.54) is 12.1 Å². The van der Waals surface area contributed by atoms with Crippen LogP contribution in [0, 0.1) is 5.82 Å². The van der Waals surface area contributed by atoms with Crippen LogP contribution in [0.1, 0.15) is 20.8 Å². The van der Waals surface area contributed by atoms with E-state index in [0.29, 0.717) is 25.6 Å². The molecule has 0 saturated heterocycles. The topological polar surface area (TPSA) is 53.7 Å². The summed E-state index contributed by atoms with van der Waals surface area (Å²) in [7, 11) is 0. The van der Waals surface area contributed by atoms with Crippen molar-refractivity contribution < 1.29 is 18.6 Å². The van der Waals surface area contributed by atoms with Gasteiger partial charge in [0.2, 0.25) is 0 Å². The normalized spacial score (nSPS) is 12.2. The molecule has 0 bridgehead atoms. The second-order valence-corrected chi connectivity index (χ2v) is 3.84. The van der Waals surface area contributed by atoms with Crippen LogP contribution in [-0.4, -0.2) is 25.9 Å². The molecular weight excluding hydrogens is 237 g/mol. The molecule has 2 N–H and O–H groups in total. The Bertz CT molecular complexity index is 385. The number of hydrogen-bond donors (Lipinski definition) is 1. The van der Waals surface area contributed by atoms with Gasteiger partial charge in [0.05, 0.1) is 18.9 Å². The van der Waals surface area contributed by atoms with Gasteiger partial charge in [-0.05, 0) is 20.8 Å². The predicted octanol–water partition coefficient (Wildman–Crippen LogP) is 2.61. The number of hydrogen-bond acceptors (Lipinski definition) is 4. The molecule has 4 nitrogen and oxygen atoms in total. The minimum Gasteiger partial charge on any atom is -0.491 e. The molecule has 1 rings (SSSR count). The second-order valence-electron chi connectivity index (χ2n) is 3.84. The first-order valence-corrected chi connectivity index (χ1v) is 6.04. The van der Waals surface area contributed by atoms with Crippen molar-refractivity contribution in [1.29, 1.82) is 0 Å². The standard InChI is InChI=1S/C13H20FNO3/c1-4-16-8-9(3)18-13-7-12(17-5-2)10(14)6-11(13)15/h6-7,9H,4-5,8,15H2,1-3H3. The molecule has 0 saturated carbocycles. The molecule has 102 valence electrons. The molecule has 18 heavy (non-hydrogen) atoms. The highest BCUT2D eigenvalue weighted by molar-refractivity contribution is 5.56. The van der Waals surface area contributed by atoms with E-state index in [-0.39, 0.29) is 17.5 Å². The number of nitrogens with two attached hydrogens (primary N) is 1. The maximum Gasteiger partial charge on any atom is 0.167 e. The molecule has 0 aliphatic rings. The van der Waals surface area contributed by atoms with Crippen molar-refractivity contribution in [3.63, 3.8) is 0 Å². The van der Waals surface area contributed by atoms with E-state index in [9.17, 15) is 4.39 Å². The molecule has 1 aromatic rings. The van der Waals surface area contributed by atoms with Gasteiger partial charge in [-0.3, -0.25) is 0 Å². The largest absolute Gasteiger partial charge is 0.491 e. The third-order valence-corrected chi connectivity index (χ3v) is 2.25. The average Bonchev–Trinajstić information content (AvgIpc) is 2.33. The van der Waals surface area contributed by atoms with Crippen LogP contribution in [0.2, 0.25) is 0 Å². The fourth-order valence-corrected chi connectivity index (χ4v) is 1.45. The first-order chi connectivity index (χ1) is 8.58. The molecule has 5 heteroatoms. The molecule has 0 aromatic heterocycles. The molecule has 0 aliphatic heterocycles. The molecule has 0 aliphatic carbocycles. The molecular formula is C13H20FNO3. The van der Waals surface area contributed by atoms with E-state index in [1.807, 2.05) is 13.8 Å². The minimum absolute atomic E-state index is 0.144. The summed E-state index contributed by atoms with van der Waals surface area (Å²) >= 11 is 0. The second kappa shape index (κ2) is 7.06. The molecule has 1 unspecified atom stereocenters. The van der Waals surface area contributed by atoms with Crippen molar-refractivity contribution in [3.05, 3.63) is 17.9 Å². The van der Waals surface area contributed by atoms with Gasteiger partial charge in [0.15, 0.2) is 11.6 Å². The summed E-state index contributed by atoms with van der Waals surface area (Å²) in [6, 6.07) is 2.67. The van der Waals surface area contributed by atoms with Crippen molar-refractivity contribution in [2.75, 3.05) is 25.6 Å². The number of benzene rings is 1. The number of rotatable bonds is 7. The van der Waals surface area contributed by atoms with Crippen molar-refractivity contribution in [1.82, 2.24) is 0 Å². The van der Waals surface area contributed by atoms with Crippen LogP contribution >= 0.6 is 0 Å². The van der Waals surface area contributed by atoms with E-state index in [4.69, 9.17) is 19.9 Å². The summed E-state index contributed by atoms with van der Waals surface area (Å²) in [5.41, 5.74) is 5.95. The van der Waals surface area contributed by atoms with Crippen molar-refractivity contribution in [2.45, 2.75) is 26.9 Å². The molecule has 0 radical (unpaired) electrons. The Morgan fingerprint density at radius 1 is 1.22 bits per heavy atom. The molecule has 0 fully saturated rings. The maximum atomic E-state index is 13.5. The highest BCUT2D eigenvalue weighted by Gasteiger charge is 2.12. The van der Waals surface area contributed by atoms with Gasteiger partial charge in [-0.1, -0.05) is 0 Å². The number of anilines is 1. The lowest BCUT2D eigenvalue weighted by Crippen LogP contribution is -2.19. The van der Waals surface area contributed by atoms with Crippen LogP contribution in [0.4, 0.5) is 10.1 Å². The summed E-state index contributed by atoms with van der Waals surface area (Å²) in [5, 5.41) is 0. The SMILES string of the molecule is CCOCC(C)Oc1cc(OCC)c(F)cc1N. The quantitative estimate of drug-likeness (QED) is 0.763. The van der Waals surface area contributed by atoms with Gasteiger partial charge in [-0.2, -0.15) is 0 Å². The number of halogens is 1.